The fourth-order valence-corrected chi connectivity index (χ4v) is 2.84. The fourth-order valence-electron chi connectivity index (χ4n) is 2.84. The predicted molar refractivity (Wildman–Crippen MR) is 74.3 cm³/mol. The average molecular weight is 272 g/mol. The Bertz CT molecular complexity index is 595. The number of hydrogen-bond donors (Lipinski definition) is 1. The van der Waals surface area contributed by atoms with Crippen LogP contribution in [0.2, 0.25) is 0 Å². The van der Waals surface area contributed by atoms with E-state index in [9.17, 15) is 0 Å². The van der Waals surface area contributed by atoms with Crippen molar-refractivity contribution in [2.75, 3.05) is 7.05 Å². The van der Waals surface area contributed by atoms with E-state index in [0.717, 1.165) is 17.6 Å². The number of hydrogen-bond acceptors (Lipinski definition) is 4. The van der Waals surface area contributed by atoms with Gasteiger partial charge in [-0.2, -0.15) is 4.98 Å². The zero-order valence-electron chi connectivity index (χ0n) is 11.7. The van der Waals surface area contributed by atoms with Crippen LogP contribution in [0.4, 0.5) is 0 Å². The summed E-state index contributed by atoms with van der Waals surface area (Å²) in [4.78, 5) is 4.48. The van der Waals surface area contributed by atoms with E-state index in [1.165, 1.54) is 31.2 Å². The van der Waals surface area contributed by atoms with Crippen molar-refractivity contribution in [2.24, 2.45) is 5.92 Å². The van der Waals surface area contributed by atoms with Crippen LogP contribution in [0, 0.1) is 5.92 Å². The number of rotatable bonds is 6. The van der Waals surface area contributed by atoms with E-state index in [-0.39, 0.29) is 0 Å². The molecule has 0 amide bonds. The van der Waals surface area contributed by atoms with Gasteiger partial charge in [-0.25, -0.2) is 0 Å². The molecule has 1 unspecified atom stereocenters. The van der Waals surface area contributed by atoms with Crippen molar-refractivity contribution in [3.8, 4) is 0 Å². The van der Waals surface area contributed by atoms with E-state index in [1.54, 1.807) is 0 Å². The summed E-state index contributed by atoms with van der Waals surface area (Å²) in [5, 5.41) is 7.49. The largest absolute Gasteiger partial charge is 0.346 e. The standard InChI is InChI=1S/C15H20N4O/c1-16-14(10-2-3-10)12-6-7-19(8-12)9-13-17-15(20-18-13)11-4-5-11/h6-8,10-11,14,16H,2-5,9H2,1H3. The van der Waals surface area contributed by atoms with E-state index >= 15 is 0 Å². The lowest BCUT2D eigenvalue weighted by Gasteiger charge is -2.13. The van der Waals surface area contributed by atoms with Gasteiger partial charge in [0.1, 0.15) is 0 Å². The van der Waals surface area contributed by atoms with Gasteiger partial charge in [-0.15, -0.1) is 0 Å². The maximum absolute atomic E-state index is 5.30. The molecule has 2 fully saturated rings. The average Bonchev–Trinajstić information content (AvgIpc) is 3.37. The van der Waals surface area contributed by atoms with Crippen LogP contribution < -0.4 is 5.32 Å². The molecule has 4 rings (SSSR count). The first-order valence-corrected chi connectivity index (χ1v) is 7.49. The Balaban J connectivity index is 1.46. The van der Waals surface area contributed by atoms with Crippen molar-refractivity contribution in [3.63, 3.8) is 0 Å². The second kappa shape index (κ2) is 4.74. The quantitative estimate of drug-likeness (QED) is 0.877. The minimum Gasteiger partial charge on any atom is -0.346 e. The molecule has 0 bridgehead atoms. The van der Waals surface area contributed by atoms with Gasteiger partial charge in [-0.05, 0) is 50.3 Å². The van der Waals surface area contributed by atoms with Crippen molar-refractivity contribution >= 4 is 0 Å². The Morgan fingerprint density at radius 1 is 1.40 bits per heavy atom. The maximum Gasteiger partial charge on any atom is 0.229 e. The Morgan fingerprint density at radius 2 is 2.25 bits per heavy atom. The Hall–Kier alpha value is -1.62. The molecule has 0 aliphatic heterocycles. The zero-order valence-corrected chi connectivity index (χ0v) is 11.7. The van der Waals surface area contributed by atoms with E-state index < -0.39 is 0 Å². The lowest BCUT2D eigenvalue weighted by atomic mass is 10.1. The molecule has 0 aromatic carbocycles. The van der Waals surface area contributed by atoms with E-state index in [0.29, 0.717) is 18.5 Å². The van der Waals surface area contributed by atoms with Gasteiger partial charge in [-0.3, -0.25) is 0 Å². The van der Waals surface area contributed by atoms with E-state index in [2.05, 4.69) is 38.5 Å². The zero-order chi connectivity index (χ0) is 13.5. The van der Waals surface area contributed by atoms with Crippen LogP contribution in [-0.4, -0.2) is 21.8 Å². The Labute approximate surface area is 118 Å². The van der Waals surface area contributed by atoms with Gasteiger partial charge in [0.2, 0.25) is 5.89 Å². The summed E-state index contributed by atoms with van der Waals surface area (Å²) in [5.74, 6) is 2.93. The molecule has 0 radical (unpaired) electrons. The number of nitrogens with zero attached hydrogens (tertiary/aromatic N) is 3. The highest BCUT2D eigenvalue weighted by atomic mass is 16.5. The molecule has 2 aliphatic carbocycles. The lowest BCUT2D eigenvalue weighted by Crippen LogP contribution is -2.17. The highest BCUT2D eigenvalue weighted by Gasteiger charge is 2.32. The second-order valence-corrected chi connectivity index (χ2v) is 6.04. The highest BCUT2D eigenvalue weighted by molar-refractivity contribution is 5.18. The minimum atomic E-state index is 0.489. The van der Waals surface area contributed by atoms with Crippen LogP contribution in [-0.2, 0) is 6.54 Å². The predicted octanol–water partition coefficient (Wildman–Crippen LogP) is 2.47. The van der Waals surface area contributed by atoms with E-state index in [1.807, 2.05) is 7.05 Å². The first kappa shape index (κ1) is 12.1. The highest BCUT2D eigenvalue weighted by Crippen LogP contribution is 2.41. The van der Waals surface area contributed by atoms with Gasteiger partial charge < -0.3 is 14.4 Å². The molecule has 106 valence electrons. The summed E-state index contributed by atoms with van der Waals surface area (Å²) in [6.45, 7) is 0.692. The topological polar surface area (TPSA) is 55.9 Å². The SMILES string of the molecule is CNC(c1ccn(Cc2noc(C3CC3)n2)c1)C1CC1. The molecule has 0 saturated heterocycles. The Morgan fingerprint density at radius 3 is 2.95 bits per heavy atom. The van der Waals surface area contributed by atoms with Crippen LogP contribution in [0.15, 0.2) is 23.0 Å². The van der Waals surface area contributed by atoms with Gasteiger partial charge >= 0.3 is 0 Å². The van der Waals surface area contributed by atoms with Crippen LogP contribution in [0.3, 0.4) is 0 Å². The molecule has 0 spiro atoms. The van der Waals surface area contributed by atoms with Crippen molar-refractivity contribution < 1.29 is 4.52 Å². The summed E-state index contributed by atoms with van der Waals surface area (Å²) >= 11 is 0. The van der Waals surface area contributed by atoms with Crippen LogP contribution >= 0.6 is 0 Å². The summed E-state index contributed by atoms with van der Waals surface area (Å²) < 4.78 is 7.44. The minimum absolute atomic E-state index is 0.489. The molecule has 1 atom stereocenters. The lowest BCUT2D eigenvalue weighted by molar-refractivity contribution is 0.373. The normalized spacial score (nSPS) is 20.2. The van der Waals surface area contributed by atoms with Crippen molar-refractivity contribution in [1.82, 2.24) is 20.0 Å². The van der Waals surface area contributed by atoms with Crippen molar-refractivity contribution in [1.29, 1.82) is 0 Å². The van der Waals surface area contributed by atoms with Crippen LogP contribution in [0.1, 0.15) is 54.9 Å². The molecular weight excluding hydrogens is 252 g/mol. The van der Waals surface area contributed by atoms with E-state index in [4.69, 9.17) is 4.52 Å². The third-order valence-corrected chi connectivity index (χ3v) is 4.27. The first-order chi connectivity index (χ1) is 9.83. The van der Waals surface area contributed by atoms with Crippen molar-refractivity contribution in [3.05, 3.63) is 35.7 Å². The molecule has 2 aromatic heterocycles. The Kier molecular flexibility index (Phi) is 2.88. The molecule has 2 saturated carbocycles. The summed E-state index contributed by atoms with van der Waals surface area (Å²) in [6, 6.07) is 2.69. The third kappa shape index (κ3) is 2.38. The molecule has 2 aromatic rings. The number of aromatic nitrogens is 3. The fraction of sp³-hybridized carbons (Fsp3) is 0.600. The maximum atomic E-state index is 5.30. The summed E-state index contributed by atoms with van der Waals surface area (Å²) in [6.07, 6.45) is 9.38. The molecule has 2 heterocycles. The molecule has 5 heteroatoms. The monoisotopic (exact) mass is 272 g/mol. The first-order valence-electron chi connectivity index (χ1n) is 7.49. The number of nitrogens with one attached hydrogen (secondary N) is 1. The van der Waals surface area contributed by atoms with Gasteiger partial charge in [0.15, 0.2) is 5.82 Å². The summed E-state index contributed by atoms with van der Waals surface area (Å²) in [5.41, 5.74) is 1.36. The van der Waals surface area contributed by atoms with Gasteiger partial charge in [-0.1, -0.05) is 5.16 Å². The summed E-state index contributed by atoms with van der Waals surface area (Å²) in [7, 11) is 2.04. The molecule has 1 N–H and O–H groups in total. The van der Waals surface area contributed by atoms with Gasteiger partial charge in [0, 0.05) is 24.4 Å². The molecular formula is C15H20N4O. The second-order valence-electron chi connectivity index (χ2n) is 6.04. The van der Waals surface area contributed by atoms with Crippen LogP contribution in [0.25, 0.3) is 0 Å². The van der Waals surface area contributed by atoms with Crippen molar-refractivity contribution in [2.45, 2.75) is 44.2 Å². The molecule has 2 aliphatic rings. The molecule has 20 heavy (non-hydrogen) atoms. The van der Waals surface area contributed by atoms with Crippen LogP contribution in [0.5, 0.6) is 0 Å². The van der Waals surface area contributed by atoms with Gasteiger partial charge in [0.25, 0.3) is 0 Å². The van der Waals surface area contributed by atoms with Gasteiger partial charge in [0.05, 0.1) is 6.54 Å². The third-order valence-electron chi connectivity index (χ3n) is 4.27. The molecule has 5 nitrogen and oxygen atoms in total. The smallest absolute Gasteiger partial charge is 0.229 e.